The van der Waals surface area contributed by atoms with Gasteiger partial charge in [0.05, 0.1) is 6.33 Å². The number of nitrogens with zero attached hydrogens (tertiary/aromatic N) is 2. The van der Waals surface area contributed by atoms with Crippen LogP contribution in [0.1, 0.15) is 18.4 Å². The first-order valence-corrected chi connectivity index (χ1v) is 6.36. The summed E-state index contributed by atoms with van der Waals surface area (Å²) < 4.78 is 28.7. The van der Waals surface area contributed by atoms with Crippen molar-refractivity contribution in [2.24, 2.45) is 0 Å². The molecule has 5 heteroatoms. The van der Waals surface area contributed by atoms with E-state index in [9.17, 15) is 8.78 Å². The first-order chi connectivity index (χ1) is 9.27. The SMILES string of the molecule is Fc1cccc(F)c1CNCCCCn1ccnc1. The maximum atomic E-state index is 13.3. The second-order valence-corrected chi connectivity index (χ2v) is 4.38. The van der Waals surface area contributed by atoms with E-state index in [1.807, 2.05) is 10.8 Å². The van der Waals surface area contributed by atoms with Crippen LogP contribution >= 0.6 is 0 Å². The summed E-state index contributed by atoms with van der Waals surface area (Å²) in [6.07, 6.45) is 7.40. The number of nitrogens with one attached hydrogen (secondary N) is 1. The van der Waals surface area contributed by atoms with Crippen LogP contribution in [0.4, 0.5) is 8.78 Å². The highest BCUT2D eigenvalue weighted by Gasteiger charge is 2.06. The molecule has 0 amide bonds. The van der Waals surface area contributed by atoms with Crippen molar-refractivity contribution in [3.05, 3.63) is 54.1 Å². The predicted molar refractivity (Wildman–Crippen MR) is 69.5 cm³/mol. The fourth-order valence-electron chi connectivity index (χ4n) is 1.88. The molecule has 0 atom stereocenters. The molecule has 0 spiro atoms. The molecule has 0 saturated carbocycles. The number of halogens is 2. The fraction of sp³-hybridized carbons (Fsp3) is 0.357. The molecule has 1 heterocycles. The Balaban J connectivity index is 1.64. The van der Waals surface area contributed by atoms with E-state index in [-0.39, 0.29) is 12.1 Å². The normalized spacial score (nSPS) is 10.8. The third-order valence-electron chi connectivity index (χ3n) is 2.94. The lowest BCUT2D eigenvalue weighted by Gasteiger charge is -2.07. The molecule has 1 aromatic heterocycles. The minimum absolute atomic E-state index is 0.108. The molecule has 1 aromatic carbocycles. The Morgan fingerprint density at radius 3 is 2.63 bits per heavy atom. The van der Waals surface area contributed by atoms with Gasteiger partial charge in [-0.05, 0) is 31.5 Å². The standard InChI is InChI=1S/C14H17F2N3/c15-13-4-3-5-14(16)12(13)10-17-6-1-2-8-19-9-7-18-11-19/h3-5,7,9,11,17H,1-2,6,8,10H2. The topological polar surface area (TPSA) is 29.9 Å². The molecule has 1 N–H and O–H groups in total. The number of aryl methyl sites for hydroxylation is 1. The molecule has 0 fully saturated rings. The smallest absolute Gasteiger partial charge is 0.130 e. The predicted octanol–water partition coefficient (Wildman–Crippen LogP) is 2.73. The molecule has 0 radical (unpaired) electrons. The van der Waals surface area contributed by atoms with Gasteiger partial charge in [-0.1, -0.05) is 6.07 Å². The molecule has 19 heavy (non-hydrogen) atoms. The maximum Gasteiger partial charge on any atom is 0.130 e. The number of hydrogen-bond acceptors (Lipinski definition) is 2. The van der Waals surface area contributed by atoms with Crippen LogP contribution in [0.3, 0.4) is 0 Å². The average molecular weight is 265 g/mol. The van der Waals surface area contributed by atoms with Crippen molar-refractivity contribution < 1.29 is 8.78 Å². The van der Waals surface area contributed by atoms with E-state index in [4.69, 9.17) is 0 Å². The first-order valence-electron chi connectivity index (χ1n) is 6.36. The molecule has 0 aliphatic rings. The van der Waals surface area contributed by atoms with Gasteiger partial charge in [-0.3, -0.25) is 0 Å². The van der Waals surface area contributed by atoms with Crippen LogP contribution in [0.5, 0.6) is 0 Å². The summed E-state index contributed by atoms with van der Waals surface area (Å²) in [6, 6.07) is 3.93. The number of benzene rings is 1. The van der Waals surface area contributed by atoms with Gasteiger partial charge in [0, 0.05) is 31.0 Å². The number of aromatic nitrogens is 2. The largest absolute Gasteiger partial charge is 0.337 e. The van der Waals surface area contributed by atoms with E-state index in [1.165, 1.54) is 18.2 Å². The number of rotatable bonds is 7. The molecule has 2 rings (SSSR count). The molecule has 3 nitrogen and oxygen atoms in total. The van der Waals surface area contributed by atoms with Crippen molar-refractivity contribution in [1.29, 1.82) is 0 Å². The minimum atomic E-state index is -0.495. The van der Waals surface area contributed by atoms with E-state index >= 15 is 0 Å². The Bertz CT molecular complexity index is 477. The van der Waals surface area contributed by atoms with Crippen molar-refractivity contribution in [2.75, 3.05) is 6.54 Å². The zero-order valence-corrected chi connectivity index (χ0v) is 10.6. The summed E-state index contributed by atoms with van der Waals surface area (Å²) in [6.45, 7) is 1.88. The summed E-state index contributed by atoms with van der Waals surface area (Å²) >= 11 is 0. The van der Waals surface area contributed by atoms with Gasteiger partial charge in [0.1, 0.15) is 11.6 Å². The van der Waals surface area contributed by atoms with Crippen molar-refractivity contribution >= 4 is 0 Å². The van der Waals surface area contributed by atoms with Crippen LogP contribution in [0.15, 0.2) is 36.9 Å². The van der Waals surface area contributed by atoms with Crippen LogP contribution in [0.2, 0.25) is 0 Å². The zero-order chi connectivity index (χ0) is 13.5. The van der Waals surface area contributed by atoms with E-state index in [0.29, 0.717) is 0 Å². The Morgan fingerprint density at radius 1 is 1.16 bits per heavy atom. The molecule has 0 saturated heterocycles. The fourth-order valence-corrected chi connectivity index (χ4v) is 1.88. The molecular weight excluding hydrogens is 248 g/mol. The second-order valence-electron chi connectivity index (χ2n) is 4.38. The van der Waals surface area contributed by atoms with Crippen LogP contribution in [0.25, 0.3) is 0 Å². The molecule has 102 valence electrons. The van der Waals surface area contributed by atoms with Crippen molar-refractivity contribution in [3.8, 4) is 0 Å². The molecular formula is C14H17F2N3. The van der Waals surface area contributed by atoms with Gasteiger partial charge < -0.3 is 9.88 Å². The highest BCUT2D eigenvalue weighted by atomic mass is 19.1. The van der Waals surface area contributed by atoms with Crippen LogP contribution in [0, 0.1) is 11.6 Å². The summed E-state index contributed by atoms with van der Waals surface area (Å²) in [7, 11) is 0. The maximum absolute atomic E-state index is 13.3. The van der Waals surface area contributed by atoms with Crippen LogP contribution in [-0.2, 0) is 13.1 Å². The highest BCUT2D eigenvalue weighted by molar-refractivity contribution is 5.19. The average Bonchev–Trinajstić information content (AvgIpc) is 2.89. The lowest BCUT2D eigenvalue weighted by molar-refractivity contribution is 0.522. The lowest BCUT2D eigenvalue weighted by Crippen LogP contribution is -2.17. The van der Waals surface area contributed by atoms with Gasteiger partial charge in [0.2, 0.25) is 0 Å². The minimum Gasteiger partial charge on any atom is -0.337 e. The Kier molecular flexibility index (Phi) is 5.03. The third-order valence-corrected chi connectivity index (χ3v) is 2.94. The lowest BCUT2D eigenvalue weighted by atomic mass is 10.2. The van der Waals surface area contributed by atoms with Crippen LogP contribution < -0.4 is 5.32 Å². The summed E-state index contributed by atoms with van der Waals surface area (Å²) in [5.74, 6) is -0.989. The first kappa shape index (κ1) is 13.7. The van der Waals surface area contributed by atoms with E-state index in [2.05, 4.69) is 10.3 Å². The Hall–Kier alpha value is -1.75. The highest BCUT2D eigenvalue weighted by Crippen LogP contribution is 2.11. The molecule has 2 aromatic rings. The summed E-state index contributed by atoms with van der Waals surface area (Å²) in [5.41, 5.74) is 0.108. The van der Waals surface area contributed by atoms with Gasteiger partial charge >= 0.3 is 0 Å². The second kappa shape index (κ2) is 6.99. The van der Waals surface area contributed by atoms with Crippen molar-refractivity contribution in [1.82, 2.24) is 14.9 Å². The van der Waals surface area contributed by atoms with E-state index in [1.54, 1.807) is 12.5 Å². The monoisotopic (exact) mass is 265 g/mol. The number of imidazole rings is 1. The summed E-state index contributed by atoms with van der Waals surface area (Å²) in [5, 5.41) is 3.06. The van der Waals surface area contributed by atoms with Gasteiger partial charge in [0.25, 0.3) is 0 Å². The zero-order valence-electron chi connectivity index (χ0n) is 10.6. The van der Waals surface area contributed by atoms with Gasteiger partial charge in [-0.2, -0.15) is 0 Å². The Labute approximate surface area is 111 Å². The van der Waals surface area contributed by atoms with Crippen molar-refractivity contribution in [2.45, 2.75) is 25.9 Å². The van der Waals surface area contributed by atoms with E-state index in [0.717, 1.165) is 25.9 Å². The van der Waals surface area contributed by atoms with Gasteiger partial charge in [-0.25, -0.2) is 13.8 Å². The third kappa shape index (κ3) is 4.13. The molecule has 0 bridgehead atoms. The summed E-state index contributed by atoms with van der Waals surface area (Å²) in [4.78, 5) is 3.96. The van der Waals surface area contributed by atoms with Gasteiger partial charge in [-0.15, -0.1) is 0 Å². The molecule has 0 unspecified atom stereocenters. The van der Waals surface area contributed by atoms with E-state index < -0.39 is 11.6 Å². The molecule has 0 aliphatic heterocycles. The Morgan fingerprint density at radius 2 is 1.95 bits per heavy atom. The quantitative estimate of drug-likeness (QED) is 0.780. The van der Waals surface area contributed by atoms with Crippen LogP contribution in [-0.4, -0.2) is 16.1 Å². The number of hydrogen-bond donors (Lipinski definition) is 1. The van der Waals surface area contributed by atoms with Gasteiger partial charge in [0.15, 0.2) is 0 Å². The number of unbranched alkanes of at least 4 members (excludes halogenated alkanes) is 1. The van der Waals surface area contributed by atoms with Crippen molar-refractivity contribution in [3.63, 3.8) is 0 Å². The molecule has 0 aliphatic carbocycles.